The molecule has 2 aromatic rings. The molecule has 0 atom stereocenters. The van der Waals surface area contributed by atoms with Crippen LogP contribution in [0.1, 0.15) is 52.7 Å². The Balaban J connectivity index is 2.80. The van der Waals surface area contributed by atoms with E-state index >= 15 is 0 Å². The molecule has 26 heavy (non-hydrogen) atoms. The van der Waals surface area contributed by atoms with Gasteiger partial charge in [0.2, 0.25) is 0 Å². The average molecular weight is 358 g/mol. The summed E-state index contributed by atoms with van der Waals surface area (Å²) in [6, 6.07) is 7.05. The second-order valence-corrected chi connectivity index (χ2v) is 8.64. The maximum Gasteiger partial charge on any atom is 0.127 e. The Morgan fingerprint density at radius 2 is 1.27 bits per heavy atom. The molecule has 0 unspecified atom stereocenters. The van der Waals surface area contributed by atoms with Crippen molar-refractivity contribution in [3.8, 4) is 34.1 Å². The molecule has 0 heterocycles. The summed E-state index contributed by atoms with van der Waals surface area (Å²) in [5.74, 6) is 1.53. The Morgan fingerprint density at radius 1 is 0.692 bits per heavy atom. The second kappa shape index (κ2) is 6.75. The molecule has 0 aliphatic heterocycles. The van der Waals surface area contributed by atoms with Crippen LogP contribution in [0.2, 0.25) is 0 Å². The highest BCUT2D eigenvalue weighted by Gasteiger charge is 2.26. The van der Waals surface area contributed by atoms with Crippen LogP contribution in [0, 0.1) is 0 Å². The van der Waals surface area contributed by atoms with Gasteiger partial charge in [0, 0.05) is 22.3 Å². The summed E-state index contributed by atoms with van der Waals surface area (Å²) in [4.78, 5) is 0. The zero-order valence-corrected chi connectivity index (χ0v) is 17.0. The first-order valence-electron chi connectivity index (χ1n) is 8.73. The van der Waals surface area contributed by atoms with Crippen molar-refractivity contribution >= 4 is 0 Å². The number of phenolic OH excluding ortho intramolecular Hbond substituents is 2. The van der Waals surface area contributed by atoms with Gasteiger partial charge in [-0.3, -0.25) is 0 Å². The van der Waals surface area contributed by atoms with Crippen LogP contribution in [0.15, 0.2) is 24.3 Å². The lowest BCUT2D eigenvalue weighted by Crippen LogP contribution is -2.13. The van der Waals surface area contributed by atoms with Gasteiger partial charge in [-0.1, -0.05) is 41.5 Å². The third kappa shape index (κ3) is 3.74. The van der Waals surface area contributed by atoms with E-state index in [9.17, 15) is 10.2 Å². The maximum atomic E-state index is 10.9. The summed E-state index contributed by atoms with van der Waals surface area (Å²) >= 11 is 0. The van der Waals surface area contributed by atoms with Gasteiger partial charge in [-0.25, -0.2) is 0 Å². The molecule has 0 radical (unpaired) electrons. The summed E-state index contributed by atoms with van der Waals surface area (Å²) in [6.45, 7) is 12.2. The molecular formula is C22H30O4. The number of rotatable bonds is 3. The standard InChI is InChI=1S/C22H30O4/c1-21(2,3)16-12-18(23)14(11-19(16)26-8)15-9-13(25-7)10-17(20(15)24)22(4,5)6/h9-12,23-24H,1-8H3. The van der Waals surface area contributed by atoms with Crippen LogP contribution in [0.25, 0.3) is 11.1 Å². The molecule has 4 nitrogen and oxygen atoms in total. The van der Waals surface area contributed by atoms with E-state index in [2.05, 4.69) is 20.8 Å². The fourth-order valence-electron chi connectivity index (χ4n) is 3.04. The molecule has 2 N–H and O–H groups in total. The number of phenols is 2. The van der Waals surface area contributed by atoms with Crippen molar-refractivity contribution < 1.29 is 19.7 Å². The monoisotopic (exact) mass is 358 g/mol. The van der Waals surface area contributed by atoms with Crippen molar-refractivity contribution in [3.63, 3.8) is 0 Å². The maximum absolute atomic E-state index is 10.9. The van der Waals surface area contributed by atoms with Crippen LogP contribution < -0.4 is 9.47 Å². The van der Waals surface area contributed by atoms with Gasteiger partial charge in [0.1, 0.15) is 23.0 Å². The quantitative estimate of drug-likeness (QED) is 0.774. The van der Waals surface area contributed by atoms with Crippen LogP contribution in [-0.4, -0.2) is 24.4 Å². The second-order valence-electron chi connectivity index (χ2n) is 8.64. The van der Waals surface area contributed by atoms with Gasteiger partial charge in [0.15, 0.2) is 0 Å². The first kappa shape index (κ1) is 20.0. The van der Waals surface area contributed by atoms with Crippen LogP contribution in [-0.2, 0) is 10.8 Å². The number of methoxy groups -OCH3 is 2. The average Bonchev–Trinajstić information content (AvgIpc) is 2.53. The van der Waals surface area contributed by atoms with Crippen molar-refractivity contribution in [2.45, 2.75) is 52.4 Å². The van der Waals surface area contributed by atoms with Gasteiger partial charge in [-0.05, 0) is 35.1 Å². The van der Waals surface area contributed by atoms with E-state index in [0.29, 0.717) is 22.6 Å². The third-order valence-electron chi connectivity index (χ3n) is 4.54. The molecule has 0 saturated heterocycles. The largest absolute Gasteiger partial charge is 0.507 e. The van der Waals surface area contributed by atoms with Gasteiger partial charge < -0.3 is 19.7 Å². The van der Waals surface area contributed by atoms with Crippen molar-refractivity contribution in [2.24, 2.45) is 0 Å². The van der Waals surface area contributed by atoms with E-state index in [4.69, 9.17) is 9.47 Å². The minimum absolute atomic E-state index is 0.0964. The number of hydrogen-bond acceptors (Lipinski definition) is 4. The summed E-state index contributed by atoms with van der Waals surface area (Å²) in [5.41, 5.74) is 2.22. The SMILES string of the molecule is COc1cc(-c2cc(OC)c(C(C)(C)C)cc2O)c(O)c(C(C)(C)C)c1. The first-order chi connectivity index (χ1) is 11.9. The molecule has 0 bridgehead atoms. The number of ether oxygens (including phenoxy) is 2. The van der Waals surface area contributed by atoms with Crippen molar-refractivity contribution in [2.75, 3.05) is 14.2 Å². The fourth-order valence-corrected chi connectivity index (χ4v) is 3.04. The van der Waals surface area contributed by atoms with E-state index in [1.54, 1.807) is 32.4 Å². The van der Waals surface area contributed by atoms with Gasteiger partial charge >= 0.3 is 0 Å². The van der Waals surface area contributed by atoms with Crippen LogP contribution >= 0.6 is 0 Å². The highest BCUT2D eigenvalue weighted by molar-refractivity contribution is 5.80. The number of hydrogen-bond donors (Lipinski definition) is 2. The van der Waals surface area contributed by atoms with Gasteiger partial charge in [-0.15, -0.1) is 0 Å². The Hall–Kier alpha value is -2.36. The molecule has 0 spiro atoms. The van der Waals surface area contributed by atoms with Crippen molar-refractivity contribution in [3.05, 3.63) is 35.4 Å². The van der Waals surface area contributed by atoms with E-state index < -0.39 is 0 Å². The van der Waals surface area contributed by atoms with Gasteiger partial charge in [-0.2, -0.15) is 0 Å². The molecule has 142 valence electrons. The lowest BCUT2D eigenvalue weighted by atomic mass is 9.82. The number of benzene rings is 2. The predicted molar refractivity (Wildman–Crippen MR) is 106 cm³/mol. The molecule has 2 rings (SSSR count). The summed E-state index contributed by atoms with van der Waals surface area (Å²) in [7, 11) is 3.20. The molecule has 0 fully saturated rings. The summed E-state index contributed by atoms with van der Waals surface area (Å²) < 4.78 is 11.0. The highest BCUT2D eigenvalue weighted by atomic mass is 16.5. The van der Waals surface area contributed by atoms with Crippen molar-refractivity contribution in [1.29, 1.82) is 0 Å². The molecule has 0 saturated carbocycles. The van der Waals surface area contributed by atoms with Crippen LogP contribution in [0.3, 0.4) is 0 Å². The Morgan fingerprint density at radius 3 is 1.73 bits per heavy atom. The molecule has 0 aromatic heterocycles. The van der Waals surface area contributed by atoms with Gasteiger partial charge in [0.25, 0.3) is 0 Å². The fraction of sp³-hybridized carbons (Fsp3) is 0.455. The van der Waals surface area contributed by atoms with Crippen LogP contribution in [0.4, 0.5) is 0 Å². The van der Waals surface area contributed by atoms with Crippen LogP contribution in [0.5, 0.6) is 23.0 Å². The van der Waals surface area contributed by atoms with E-state index in [1.807, 2.05) is 26.8 Å². The number of aromatic hydroxyl groups is 2. The minimum Gasteiger partial charge on any atom is -0.507 e. The predicted octanol–water partition coefficient (Wildman–Crippen LogP) is 5.38. The van der Waals surface area contributed by atoms with E-state index in [1.165, 1.54) is 0 Å². The lowest BCUT2D eigenvalue weighted by molar-refractivity contribution is 0.394. The molecule has 4 heteroatoms. The summed E-state index contributed by atoms with van der Waals surface area (Å²) in [5, 5.41) is 21.6. The lowest BCUT2D eigenvalue weighted by Gasteiger charge is -2.25. The highest BCUT2D eigenvalue weighted by Crippen LogP contribution is 2.47. The zero-order chi connectivity index (χ0) is 19.9. The Labute approximate surface area is 156 Å². The summed E-state index contributed by atoms with van der Waals surface area (Å²) in [6.07, 6.45) is 0. The topological polar surface area (TPSA) is 58.9 Å². The molecule has 2 aromatic carbocycles. The normalized spacial score (nSPS) is 12.2. The molecule has 0 amide bonds. The van der Waals surface area contributed by atoms with Crippen molar-refractivity contribution in [1.82, 2.24) is 0 Å². The third-order valence-corrected chi connectivity index (χ3v) is 4.54. The van der Waals surface area contributed by atoms with Gasteiger partial charge in [0.05, 0.1) is 14.2 Å². The Bertz CT molecular complexity index is 808. The smallest absolute Gasteiger partial charge is 0.127 e. The zero-order valence-electron chi connectivity index (χ0n) is 17.0. The molecule has 0 aliphatic carbocycles. The molecule has 0 aliphatic rings. The first-order valence-corrected chi connectivity index (χ1v) is 8.73. The minimum atomic E-state index is -0.279. The van der Waals surface area contributed by atoms with E-state index in [-0.39, 0.29) is 22.3 Å². The van der Waals surface area contributed by atoms with E-state index in [0.717, 1.165) is 11.1 Å². The molecular weight excluding hydrogens is 328 g/mol. The Kier molecular flexibility index (Phi) is 5.18.